The third-order valence-electron chi connectivity index (χ3n) is 2.88. The van der Waals surface area contributed by atoms with Gasteiger partial charge in [0.2, 0.25) is 5.91 Å². The molecular weight excluding hydrogens is 216 g/mol. The second kappa shape index (κ2) is 5.01. The third-order valence-corrected chi connectivity index (χ3v) is 2.88. The number of amides is 1. The van der Waals surface area contributed by atoms with Crippen LogP contribution in [0.25, 0.3) is 5.57 Å². The van der Waals surface area contributed by atoms with E-state index in [0.717, 1.165) is 24.3 Å². The van der Waals surface area contributed by atoms with Gasteiger partial charge in [0.05, 0.1) is 13.2 Å². The van der Waals surface area contributed by atoms with Crippen molar-refractivity contribution in [3.05, 3.63) is 36.4 Å². The lowest BCUT2D eigenvalue weighted by molar-refractivity contribution is -0.112. The van der Waals surface area contributed by atoms with Gasteiger partial charge in [-0.15, -0.1) is 0 Å². The Morgan fingerprint density at radius 2 is 1.94 bits per heavy atom. The predicted octanol–water partition coefficient (Wildman–Crippen LogP) is 1.02. The Labute approximate surface area is 101 Å². The van der Waals surface area contributed by atoms with E-state index >= 15 is 0 Å². The van der Waals surface area contributed by atoms with E-state index in [1.807, 2.05) is 24.3 Å². The zero-order chi connectivity index (χ0) is 12.3. The van der Waals surface area contributed by atoms with Crippen molar-refractivity contribution in [2.75, 3.05) is 31.2 Å². The topological polar surface area (TPSA) is 55.6 Å². The monoisotopic (exact) mass is 232 g/mol. The minimum atomic E-state index is -0.481. The molecule has 0 spiro atoms. The molecule has 2 N–H and O–H groups in total. The standard InChI is InChI=1S/C13H16N2O2/c1-10(13(14)16)11-4-2-3-5-12(11)15-6-8-17-9-7-15/h2-5H,1,6-9H2,(H2,14,16). The number of benzene rings is 1. The van der Waals surface area contributed by atoms with Crippen LogP contribution in [-0.2, 0) is 9.53 Å². The van der Waals surface area contributed by atoms with Gasteiger partial charge in [0.15, 0.2) is 0 Å². The molecule has 0 bridgehead atoms. The summed E-state index contributed by atoms with van der Waals surface area (Å²) in [5, 5.41) is 0. The Bertz CT molecular complexity index is 437. The Morgan fingerprint density at radius 1 is 1.29 bits per heavy atom. The van der Waals surface area contributed by atoms with E-state index in [1.54, 1.807) is 0 Å². The maximum atomic E-state index is 11.2. The predicted molar refractivity (Wildman–Crippen MR) is 67.7 cm³/mol. The van der Waals surface area contributed by atoms with Gasteiger partial charge in [0.1, 0.15) is 0 Å². The summed E-state index contributed by atoms with van der Waals surface area (Å²) >= 11 is 0. The number of hydrogen-bond donors (Lipinski definition) is 1. The molecule has 1 heterocycles. The largest absolute Gasteiger partial charge is 0.378 e. The van der Waals surface area contributed by atoms with Crippen LogP contribution in [0.4, 0.5) is 5.69 Å². The molecule has 1 aromatic carbocycles. The van der Waals surface area contributed by atoms with E-state index in [0.29, 0.717) is 18.8 Å². The van der Waals surface area contributed by atoms with E-state index in [4.69, 9.17) is 10.5 Å². The first-order chi connectivity index (χ1) is 8.20. The molecule has 2 rings (SSSR count). The van der Waals surface area contributed by atoms with Crippen molar-refractivity contribution in [3.63, 3.8) is 0 Å². The normalized spacial score (nSPS) is 15.6. The number of para-hydroxylation sites is 1. The Hall–Kier alpha value is -1.81. The molecule has 1 aliphatic heterocycles. The number of ether oxygens (including phenoxy) is 1. The van der Waals surface area contributed by atoms with Gasteiger partial charge in [0.25, 0.3) is 0 Å². The van der Waals surface area contributed by atoms with Crippen LogP contribution in [-0.4, -0.2) is 32.2 Å². The van der Waals surface area contributed by atoms with Crippen LogP contribution in [0.15, 0.2) is 30.8 Å². The lowest BCUT2D eigenvalue weighted by atomic mass is 10.0. The smallest absolute Gasteiger partial charge is 0.248 e. The van der Waals surface area contributed by atoms with Crippen molar-refractivity contribution < 1.29 is 9.53 Å². The summed E-state index contributed by atoms with van der Waals surface area (Å²) in [5.41, 5.74) is 7.45. The fourth-order valence-corrected chi connectivity index (χ4v) is 1.94. The lowest BCUT2D eigenvalue weighted by Gasteiger charge is -2.30. The molecule has 0 aromatic heterocycles. The first-order valence-electron chi connectivity index (χ1n) is 5.61. The van der Waals surface area contributed by atoms with Crippen LogP contribution >= 0.6 is 0 Å². The SMILES string of the molecule is C=C(C(N)=O)c1ccccc1N1CCOCC1. The highest BCUT2D eigenvalue weighted by molar-refractivity contribution is 6.19. The van der Waals surface area contributed by atoms with E-state index in [-0.39, 0.29) is 0 Å². The van der Waals surface area contributed by atoms with Crippen molar-refractivity contribution in [1.29, 1.82) is 0 Å². The van der Waals surface area contributed by atoms with Gasteiger partial charge in [-0.05, 0) is 6.07 Å². The van der Waals surface area contributed by atoms with Gasteiger partial charge in [0, 0.05) is 29.9 Å². The number of nitrogens with zero attached hydrogens (tertiary/aromatic N) is 1. The molecule has 1 saturated heterocycles. The molecular formula is C13H16N2O2. The van der Waals surface area contributed by atoms with E-state index in [1.165, 1.54) is 0 Å². The second-order valence-electron chi connectivity index (χ2n) is 3.96. The number of primary amides is 1. The molecule has 4 nitrogen and oxygen atoms in total. The summed E-state index contributed by atoms with van der Waals surface area (Å²) < 4.78 is 5.31. The Morgan fingerprint density at radius 3 is 2.59 bits per heavy atom. The summed E-state index contributed by atoms with van der Waals surface area (Å²) in [5.74, 6) is -0.481. The van der Waals surface area contributed by atoms with Crippen molar-refractivity contribution in [2.24, 2.45) is 5.73 Å². The van der Waals surface area contributed by atoms with Crippen molar-refractivity contribution >= 4 is 17.2 Å². The van der Waals surface area contributed by atoms with Crippen LogP contribution in [0.1, 0.15) is 5.56 Å². The summed E-state index contributed by atoms with van der Waals surface area (Å²) in [4.78, 5) is 13.4. The van der Waals surface area contributed by atoms with Gasteiger partial charge in [-0.1, -0.05) is 24.8 Å². The first-order valence-corrected chi connectivity index (χ1v) is 5.61. The number of carbonyl (C=O) groups excluding carboxylic acids is 1. The molecule has 4 heteroatoms. The number of hydrogen-bond acceptors (Lipinski definition) is 3. The molecule has 0 radical (unpaired) electrons. The summed E-state index contributed by atoms with van der Waals surface area (Å²) in [6, 6.07) is 7.68. The molecule has 1 aliphatic rings. The van der Waals surface area contributed by atoms with Crippen LogP contribution in [0.5, 0.6) is 0 Å². The van der Waals surface area contributed by atoms with Gasteiger partial charge in [-0.3, -0.25) is 4.79 Å². The van der Waals surface area contributed by atoms with Crippen LogP contribution < -0.4 is 10.6 Å². The average Bonchev–Trinajstić information content (AvgIpc) is 2.39. The van der Waals surface area contributed by atoms with E-state index in [2.05, 4.69) is 11.5 Å². The summed E-state index contributed by atoms with van der Waals surface area (Å²) in [6.07, 6.45) is 0. The highest BCUT2D eigenvalue weighted by atomic mass is 16.5. The van der Waals surface area contributed by atoms with Gasteiger partial charge in [-0.25, -0.2) is 0 Å². The lowest BCUT2D eigenvalue weighted by Crippen LogP contribution is -2.36. The molecule has 1 amide bonds. The second-order valence-corrected chi connectivity index (χ2v) is 3.96. The van der Waals surface area contributed by atoms with Crippen LogP contribution in [0.2, 0.25) is 0 Å². The zero-order valence-corrected chi connectivity index (χ0v) is 9.69. The quantitative estimate of drug-likeness (QED) is 0.792. The van der Waals surface area contributed by atoms with E-state index < -0.39 is 5.91 Å². The van der Waals surface area contributed by atoms with Gasteiger partial charge < -0.3 is 15.4 Å². The molecule has 0 saturated carbocycles. The minimum Gasteiger partial charge on any atom is -0.378 e. The number of anilines is 1. The first kappa shape index (κ1) is 11.7. The third kappa shape index (κ3) is 2.47. The number of morpholine rings is 1. The highest BCUT2D eigenvalue weighted by Gasteiger charge is 2.17. The molecule has 90 valence electrons. The zero-order valence-electron chi connectivity index (χ0n) is 9.69. The molecule has 0 aliphatic carbocycles. The number of rotatable bonds is 3. The summed E-state index contributed by atoms with van der Waals surface area (Å²) in [6.45, 7) is 6.80. The average molecular weight is 232 g/mol. The summed E-state index contributed by atoms with van der Waals surface area (Å²) in [7, 11) is 0. The van der Waals surface area contributed by atoms with Crippen molar-refractivity contribution in [3.8, 4) is 0 Å². The van der Waals surface area contributed by atoms with Crippen molar-refractivity contribution in [2.45, 2.75) is 0 Å². The Balaban J connectivity index is 2.32. The molecule has 17 heavy (non-hydrogen) atoms. The van der Waals surface area contributed by atoms with Gasteiger partial charge >= 0.3 is 0 Å². The molecule has 1 aromatic rings. The van der Waals surface area contributed by atoms with Crippen LogP contribution in [0, 0.1) is 0 Å². The fraction of sp³-hybridized carbons (Fsp3) is 0.308. The van der Waals surface area contributed by atoms with E-state index in [9.17, 15) is 4.79 Å². The maximum Gasteiger partial charge on any atom is 0.248 e. The maximum absolute atomic E-state index is 11.2. The van der Waals surface area contributed by atoms with Crippen molar-refractivity contribution in [1.82, 2.24) is 0 Å². The minimum absolute atomic E-state index is 0.354. The molecule has 0 unspecified atom stereocenters. The highest BCUT2D eigenvalue weighted by Crippen LogP contribution is 2.26. The van der Waals surface area contributed by atoms with Gasteiger partial charge in [-0.2, -0.15) is 0 Å². The van der Waals surface area contributed by atoms with Crippen LogP contribution in [0.3, 0.4) is 0 Å². The number of nitrogens with two attached hydrogens (primary N) is 1. The molecule has 1 fully saturated rings. The fourth-order valence-electron chi connectivity index (χ4n) is 1.94. The Kier molecular flexibility index (Phi) is 3.44. The molecule has 0 atom stereocenters. The number of carbonyl (C=O) groups is 1.